The molecule has 78 valence electrons. The number of rotatable bonds is 4. The van der Waals surface area contributed by atoms with Crippen molar-refractivity contribution in [3.8, 4) is 5.75 Å². The van der Waals surface area contributed by atoms with Gasteiger partial charge in [0.25, 0.3) is 0 Å². The highest BCUT2D eigenvalue weighted by atomic mass is 35.5. The van der Waals surface area contributed by atoms with Crippen molar-refractivity contribution in [1.29, 1.82) is 0 Å². The van der Waals surface area contributed by atoms with Crippen LogP contribution in [0.1, 0.15) is 19.4 Å². The van der Waals surface area contributed by atoms with Crippen LogP contribution in [-0.2, 0) is 6.42 Å². The second-order valence-corrected chi connectivity index (χ2v) is 4.34. The predicted octanol–water partition coefficient (Wildman–Crippen LogP) is 3.45. The van der Waals surface area contributed by atoms with E-state index in [2.05, 4.69) is 13.8 Å². The third kappa shape index (κ3) is 3.22. The van der Waals surface area contributed by atoms with Crippen LogP contribution in [0.15, 0.2) is 24.3 Å². The molecule has 1 rings (SSSR count). The van der Waals surface area contributed by atoms with Crippen LogP contribution < -0.4 is 0 Å². The summed E-state index contributed by atoms with van der Waals surface area (Å²) in [6.45, 7) is 4.35. The first-order valence-corrected chi connectivity index (χ1v) is 5.50. The molecule has 0 saturated carbocycles. The fraction of sp³-hybridized carbons (Fsp3) is 0.500. The minimum absolute atomic E-state index is 0.333. The van der Waals surface area contributed by atoms with E-state index in [0.29, 0.717) is 23.5 Å². The topological polar surface area (TPSA) is 20.2 Å². The molecule has 0 fully saturated rings. The largest absolute Gasteiger partial charge is 0.508 e. The molecule has 0 aliphatic rings. The van der Waals surface area contributed by atoms with Gasteiger partial charge in [-0.3, -0.25) is 0 Å². The van der Waals surface area contributed by atoms with Crippen molar-refractivity contribution < 1.29 is 5.11 Å². The van der Waals surface area contributed by atoms with Crippen molar-refractivity contribution in [1.82, 2.24) is 0 Å². The lowest BCUT2D eigenvalue weighted by Gasteiger charge is -2.17. The number of benzene rings is 1. The van der Waals surface area contributed by atoms with Gasteiger partial charge in [-0.15, -0.1) is 11.6 Å². The van der Waals surface area contributed by atoms with E-state index in [1.165, 1.54) is 0 Å². The van der Waals surface area contributed by atoms with Crippen molar-refractivity contribution in [3.63, 3.8) is 0 Å². The lowest BCUT2D eigenvalue weighted by atomic mass is 9.91. The Balaban J connectivity index is 2.67. The summed E-state index contributed by atoms with van der Waals surface area (Å²) >= 11 is 5.89. The van der Waals surface area contributed by atoms with Crippen molar-refractivity contribution in [2.45, 2.75) is 20.3 Å². The normalized spacial score (nSPS) is 13.1. The number of phenolic OH excluding ortho intramolecular Hbond substituents is 1. The molecule has 0 radical (unpaired) electrons. The van der Waals surface area contributed by atoms with Gasteiger partial charge >= 0.3 is 0 Å². The number of alkyl halides is 1. The summed E-state index contributed by atoms with van der Waals surface area (Å²) in [5.74, 6) is 2.07. The van der Waals surface area contributed by atoms with Gasteiger partial charge in [0.2, 0.25) is 0 Å². The quantitative estimate of drug-likeness (QED) is 0.759. The van der Waals surface area contributed by atoms with E-state index in [1.807, 2.05) is 18.2 Å². The zero-order valence-corrected chi connectivity index (χ0v) is 9.46. The van der Waals surface area contributed by atoms with Crippen LogP contribution >= 0.6 is 11.6 Å². The summed E-state index contributed by atoms with van der Waals surface area (Å²) in [7, 11) is 0. The average molecular weight is 213 g/mol. The number of aromatic hydroxyl groups is 1. The molecule has 1 aromatic rings. The van der Waals surface area contributed by atoms with Gasteiger partial charge < -0.3 is 5.11 Å². The summed E-state index contributed by atoms with van der Waals surface area (Å²) in [4.78, 5) is 0. The second kappa shape index (κ2) is 5.26. The lowest BCUT2D eigenvalue weighted by molar-refractivity contribution is 0.420. The minimum atomic E-state index is 0.333. The van der Waals surface area contributed by atoms with Crippen molar-refractivity contribution >= 4 is 11.6 Å². The Morgan fingerprint density at radius 3 is 2.57 bits per heavy atom. The van der Waals surface area contributed by atoms with E-state index < -0.39 is 0 Å². The fourth-order valence-corrected chi connectivity index (χ4v) is 1.92. The van der Waals surface area contributed by atoms with Gasteiger partial charge in [0, 0.05) is 5.88 Å². The Labute approximate surface area is 90.7 Å². The first-order valence-electron chi connectivity index (χ1n) is 4.97. The Morgan fingerprint density at radius 1 is 1.36 bits per heavy atom. The second-order valence-electron chi connectivity index (χ2n) is 4.03. The maximum Gasteiger partial charge on any atom is 0.115 e. The zero-order valence-electron chi connectivity index (χ0n) is 8.70. The van der Waals surface area contributed by atoms with E-state index in [9.17, 15) is 5.11 Å². The molecule has 0 aliphatic carbocycles. The van der Waals surface area contributed by atoms with Crippen LogP contribution in [0.25, 0.3) is 0 Å². The van der Waals surface area contributed by atoms with Gasteiger partial charge in [-0.2, -0.15) is 0 Å². The molecular weight excluding hydrogens is 196 g/mol. The SMILES string of the molecule is CC(C)C(CCl)Cc1cccc(O)c1. The Kier molecular flexibility index (Phi) is 4.27. The van der Waals surface area contributed by atoms with Crippen molar-refractivity contribution in [2.75, 3.05) is 5.88 Å². The molecule has 0 amide bonds. The predicted molar refractivity (Wildman–Crippen MR) is 60.9 cm³/mol. The summed E-state index contributed by atoms with van der Waals surface area (Å²) in [6.07, 6.45) is 0.940. The average Bonchev–Trinajstić information content (AvgIpc) is 2.14. The van der Waals surface area contributed by atoms with E-state index in [4.69, 9.17) is 11.6 Å². The van der Waals surface area contributed by atoms with Gasteiger partial charge in [-0.05, 0) is 36.0 Å². The Morgan fingerprint density at radius 2 is 2.07 bits per heavy atom. The summed E-state index contributed by atoms with van der Waals surface area (Å²) in [5, 5.41) is 9.30. The van der Waals surface area contributed by atoms with Gasteiger partial charge in [0.05, 0.1) is 0 Å². The lowest BCUT2D eigenvalue weighted by Crippen LogP contribution is -2.13. The molecule has 0 saturated heterocycles. The monoisotopic (exact) mass is 212 g/mol. The molecule has 0 heterocycles. The van der Waals surface area contributed by atoms with Crippen LogP contribution in [0, 0.1) is 11.8 Å². The first kappa shape index (κ1) is 11.4. The van der Waals surface area contributed by atoms with E-state index in [0.717, 1.165) is 12.0 Å². The third-order valence-corrected chi connectivity index (χ3v) is 2.95. The highest BCUT2D eigenvalue weighted by Gasteiger charge is 2.12. The summed E-state index contributed by atoms with van der Waals surface area (Å²) in [5.41, 5.74) is 1.16. The Bertz CT molecular complexity index is 283. The minimum Gasteiger partial charge on any atom is -0.508 e. The zero-order chi connectivity index (χ0) is 10.6. The molecule has 2 heteroatoms. The number of hydrogen-bond acceptors (Lipinski definition) is 1. The van der Waals surface area contributed by atoms with Crippen molar-refractivity contribution in [2.24, 2.45) is 11.8 Å². The number of halogens is 1. The van der Waals surface area contributed by atoms with Crippen LogP contribution in [0.5, 0.6) is 5.75 Å². The maximum atomic E-state index is 9.30. The molecule has 1 nitrogen and oxygen atoms in total. The van der Waals surface area contributed by atoms with Gasteiger partial charge in [0.1, 0.15) is 5.75 Å². The number of hydrogen-bond donors (Lipinski definition) is 1. The van der Waals surface area contributed by atoms with E-state index in [-0.39, 0.29) is 0 Å². The highest BCUT2D eigenvalue weighted by molar-refractivity contribution is 6.18. The molecular formula is C12H17ClO. The van der Waals surface area contributed by atoms with Gasteiger partial charge in [-0.1, -0.05) is 26.0 Å². The molecule has 1 aromatic carbocycles. The molecule has 14 heavy (non-hydrogen) atoms. The third-order valence-electron chi connectivity index (χ3n) is 2.55. The molecule has 0 bridgehead atoms. The highest BCUT2D eigenvalue weighted by Crippen LogP contribution is 2.20. The Hall–Kier alpha value is -0.690. The summed E-state index contributed by atoms with van der Waals surface area (Å²) in [6, 6.07) is 7.40. The van der Waals surface area contributed by atoms with Crippen LogP contribution in [0.2, 0.25) is 0 Å². The van der Waals surface area contributed by atoms with Gasteiger partial charge in [-0.25, -0.2) is 0 Å². The van der Waals surface area contributed by atoms with E-state index in [1.54, 1.807) is 6.07 Å². The van der Waals surface area contributed by atoms with Crippen LogP contribution in [0.3, 0.4) is 0 Å². The molecule has 1 atom stereocenters. The molecule has 0 spiro atoms. The van der Waals surface area contributed by atoms with Gasteiger partial charge in [0.15, 0.2) is 0 Å². The van der Waals surface area contributed by atoms with E-state index >= 15 is 0 Å². The maximum absolute atomic E-state index is 9.30. The smallest absolute Gasteiger partial charge is 0.115 e. The molecule has 0 aliphatic heterocycles. The van der Waals surface area contributed by atoms with Crippen LogP contribution in [-0.4, -0.2) is 11.0 Å². The molecule has 1 N–H and O–H groups in total. The van der Waals surface area contributed by atoms with Crippen molar-refractivity contribution in [3.05, 3.63) is 29.8 Å². The standard InChI is InChI=1S/C12H17ClO/c1-9(2)11(8-13)6-10-4-3-5-12(14)7-10/h3-5,7,9,11,14H,6,8H2,1-2H3. The van der Waals surface area contributed by atoms with Crippen LogP contribution in [0.4, 0.5) is 0 Å². The number of phenols is 1. The molecule has 0 aromatic heterocycles. The first-order chi connectivity index (χ1) is 6.63. The molecule has 1 unspecified atom stereocenters. The summed E-state index contributed by atoms with van der Waals surface area (Å²) < 4.78 is 0. The fourth-order valence-electron chi connectivity index (χ4n) is 1.45.